The third-order valence-corrected chi connectivity index (χ3v) is 3.78. The highest BCUT2D eigenvalue weighted by Crippen LogP contribution is 2.18. The Kier molecular flexibility index (Phi) is 4.11. The van der Waals surface area contributed by atoms with Gasteiger partial charge in [0.1, 0.15) is 0 Å². The Hall–Kier alpha value is -0.450. The number of likely N-dealkylation sites (N-methyl/N-ethyl adjacent to an activating group) is 1. The van der Waals surface area contributed by atoms with Crippen molar-refractivity contribution in [2.24, 2.45) is 5.92 Å². The van der Waals surface area contributed by atoms with Gasteiger partial charge >= 0.3 is 0 Å². The molecule has 4 heteroatoms. The van der Waals surface area contributed by atoms with Gasteiger partial charge in [-0.3, -0.25) is 0 Å². The second kappa shape index (κ2) is 5.58. The highest BCUT2D eigenvalue weighted by Gasteiger charge is 2.16. The van der Waals surface area contributed by atoms with Gasteiger partial charge in [-0.05, 0) is 32.5 Å². The van der Waals surface area contributed by atoms with E-state index in [4.69, 9.17) is 0 Å². The van der Waals surface area contributed by atoms with Crippen molar-refractivity contribution in [3.63, 3.8) is 0 Å². The Morgan fingerprint density at radius 2 is 2.60 bits per heavy atom. The molecule has 0 bridgehead atoms. The lowest BCUT2D eigenvalue weighted by molar-refractivity contribution is 0.577. The van der Waals surface area contributed by atoms with Gasteiger partial charge in [-0.2, -0.15) is 0 Å². The van der Waals surface area contributed by atoms with Crippen molar-refractivity contribution in [3.05, 3.63) is 16.1 Å². The van der Waals surface area contributed by atoms with Crippen LogP contribution >= 0.6 is 11.3 Å². The van der Waals surface area contributed by atoms with Gasteiger partial charge in [-0.1, -0.05) is 0 Å². The van der Waals surface area contributed by atoms with Crippen LogP contribution in [0.2, 0.25) is 0 Å². The van der Waals surface area contributed by atoms with Crippen molar-refractivity contribution >= 4 is 11.3 Å². The van der Waals surface area contributed by atoms with Gasteiger partial charge in [0, 0.05) is 24.8 Å². The van der Waals surface area contributed by atoms with E-state index in [0.717, 1.165) is 25.3 Å². The summed E-state index contributed by atoms with van der Waals surface area (Å²) in [7, 11) is 1.98. The molecule has 3 nitrogen and oxygen atoms in total. The normalized spacial score (nSPS) is 21.0. The Labute approximate surface area is 95.3 Å². The number of nitrogens with zero attached hydrogens (tertiary/aromatic N) is 1. The Morgan fingerprint density at radius 3 is 3.33 bits per heavy atom. The van der Waals surface area contributed by atoms with E-state index in [0.29, 0.717) is 0 Å². The van der Waals surface area contributed by atoms with E-state index < -0.39 is 0 Å². The fourth-order valence-corrected chi connectivity index (χ4v) is 2.89. The van der Waals surface area contributed by atoms with Crippen molar-refractivity contribution in [1.29, 1.82) is 0 Å². The van der Waals surface area contributed by atoms with Crippen LogP contribution in [0, 0.1) is 5.92 Å². The lowest BCUT2D eigenvalue weighted by Gasteiger charge is -2.03. The second-order valence-electron chi connectivity index (χ2n) is 4.15. The van der Waals surface area contributed by atoms with Crippen LogP contribution in [0.4, 0.5) is 0 Å². The molecule has 0 spiro atoms. The standard InChI is InChI=1S/C11H19N3S/c1-12-4-3-10-8-15-11(14-10)6-9-2-5-13-7-9/h8-9,12-13H,2-7H2,1H3. The number of nitrogens with one attached hydrogen (secondary N) is 2. The van der Waals surface area contributed by atoms with E-state index in [-0.39, 0.29) is 0 Å². The molecule has 1 aliphatic heterocycles. The minimum atomic E-state index is 0.813. The Balaban J connectivity index is 1.83. The zero-order valence-electron chi connectivity index (χ0n) is 9.25. The number of hydrogen-bond acceptors (Lipinski definition) is 4. The maximum Gasteiger partial charge on any atom is 0.0931 e. The van der Waals surface area contributed by atoms with Crippen molar-refractivity contribution < 1.29 is 0 Å². The maximum atomic E-state index is 4.66. The SMILES string of the molecule is CNCCc1csc(CC2CCNC2)n1. The van der Waals surface area contributed by atoms with Gasteiger partial charge in [-0.25, -0.2) is 4.98 Å². The topological polar surface area (TPSA) is 37.0 Å². The number of aromatic nitrogens is 1. The first kappa shape index (κ1) is 11.0. The molecule has 0 saturated carbocycles. The highest BCUT2D eigenvalue weighted by atomic mass is 32.1. The molecule has 1 atom stereocenters. The summed E-state index contributed by atoms with van der Waals surface area (Å²) in [6.45, 7) is 3.38. The fourth-order valence-electron chi connectivity index (χ4n) is 1.95. The Morgan fingerprint density at radius 1 is 1.67 bits per heavy atom. The zero-order chi connectivity index (χ0) is 10.5. The first-order valence-electron chi connectivity index (χ1n) is 5.67. The maximum absolute atomic E-state index is 4.66. The first-order valence-corrected chi connectivity index (χ1v) is 6.55. The molecule has 1 fully saturated rings. The summed E-state index contributed by atoms with van der Waals surface area (Å²) in [6, 6.07) is 0. The van der Waals surface area contributed by atoms with Crippen LogP contribution in [-0.2, 0) is 12.8 Å². The van der Waals surface area contributed by atoms with Gasteiger partial charge < -0.3 is 10.6 Å². The Bertz CT molecular complexity index is 292. The number of thiazole rings is 1. The van der Waals surface area contributed by atoms with Crippen molar-refractivity contribution in [2.45, 2.75) is 19.3 Å². The molecule has 2 heterocycles. The minimum absolute atomic E-state index is 0.813. The molecule has 0 radical (unpaired) electrons. The van der Waals surface area contributed by atoms with Crippen LogP contribution in [0.5, 0.6) is 0 Å². The van der Waals surface area contributed by atoms with Crippen LogP contribution in [-0.4, -0.2) is 31.7 Å². The molecule has 1 unspecified atom stereocenters. The van der Waals surface area contributed by atoms with E-state index in [1.807, 2.05) is 18.4 Å². The van der Waals surface area contributed by atoms with E-state index in [1.165, 1.54) is 30.2 Å². The predicted molar refractivity (Wildman–Crippen MR) is 64.4 cm³/mol. The van der Waals surface area contributed by atoms with E-state index >= 15 is 0 Å². The van der Waals surface area contributed by atoms with Gasteiger partial charge in [-0.15, -0.1) is 11.3 Å². The third kappa shape index (κ3) is 3.26. The lowest BCUT2D eigenvalue weighted by atomic mass is 10.1. The van der Waals surface area contributed by atoms with Crippen LogP contribution in [0.1, 0.15) is 17.1 Å². The summed E-state index contributed by atoms with van der Waals surface area (Å²) in [6.07, 6.45) is 3.53. The smallest absolute Gasteiger partial charge is 0.0931 e. The third-order valence-electron chi connectivity index (χ3n) is 2.86. The zero-order valence-corrected chi connectivity index (χ0v) is 10.1. The molecule has 84 valence electrons. The quantitative estimate of drug-likeness (QED) is 0.787. The molecule has 0 aliphatic carbocycles. The van der Waals surface area contributed by atoms with Crippen LogP contribution in [0.3, 0.4) is 0 Å². The lowest BCUT2D eigenvalue weighted by Crippen LogP contribution is -2.11. The van der Waals surface area contributed by atoms with Gasteiger partial charge in [0.05, 0.1) is 10.7 Å². The van der Waals surface area contributed by atoms with E-state index in [9.17, 15) is 0 Å². The molecule has 0 amide bonds. The first-order chi connectivity index (χ1) is 7.38. The second-order valence-corrected chi connectivity index (χ2v) is 5.09. The summed E-state index contributed by atoms with van der Waals surface area (Å²) >= 11 is 1.82. The fraction of sp³-hybridized carbons (Fsp3) is 0.727. The van der Waals surface area contributed by atoms with Crippen molar-refractivity contribution in [3.8, 4) is 0 Å². The summed E-state index contributed by atoms with van der Waals surface area (Å²) in [5.41, 5.74) is 1.25. The van der Waals surface area contributed by atoms with Gasteiger partial charge in [0.15, 0.2) is 0 Å². The molecule has 1 aromatic rings. The summed E-state index contributed by atoms with van der Waals surface area (Å²) < 4.78 is 0. The van der Waals surface area contributed by atoms with Crippen molar-refractivity contribution in [2.75, 3.05) is 26.7 Å². The highest BCUT2D eigenvalue weighted by molar-refractivity contribution is 7.09. The minimum Gasteiger partial charge on any atom is -0.319 e. The number of rotatable bonds is 5. The molecule has 1 aliphatic rings. The average Bonchev–Trinajstić information content (AvgIpc) is 2.87. The van der Waals surface area contributed by atoms with Gasteiger partial charge in [0.25, 0.3) is 0 Å². The molecular formula is C11H19N3S. The van der Waals surface area contributed by atoms with Gasteiger partial charge in [0.2, 0.25) is 0 Å². The van der Waals surface area contributed by atoms with Crippen LogP contribution < -0.4 is 10.6 Å². The number of hydrogen-bond donors (Lipinski definition) is 2. The largest absolute Gasteiger partial charge is 0.319 e. The monoisotopic (exact) mass is 225 g/mol. The van der Waals surface area contributed by atoms with Crippen LogP contribution in [0.15, 0.2) is 5.38 Å². The summed E-state index contributed by atoms with van der Waals surface area (Å²) in [5.74, 6) is 0.813. The molecule has 2 rings (SSSR count). The van der Waals surface area contributed by atoms with Crippen molar-refractivity contribution in [1.82, 2.24) is 15.6 Å². The molecule has 1 saturated heterocycles. The van der Waals surface area contributed by atoms with E-state index in [1.54, 1.807) is 0 Å². The van der Waals surface area contributed by atoms with Crippen LogP contribution in [0.25, 0.3) is 0 Å². The molecule has 0 aromatic carbocycles. The average molecular weight is 225 g/mol. The molecule has 1 aromatic heterocycles. The predicted octanol–water partition coefficient (Wildman–Crippen LogP) is 1.06. The molecular weight excluding hydrogens is 206 g/mol. The van der Waals surface area contributed by atoms with E-state index in [2.05, 4.69) is 21.0 Å². The molecule has 2 N–H and O–H groups in total. The summed E-state index contributed by atoms with van der Waals surface area (Å²) in [5, 5.41) is 10.1. The molecule has 15 heavy (non-hydrogen) atoms. The summed E-state index contributed by atoms with van der Waals surface area (Å²) in [4.78, 5) is 4.66.